The van der Waals surface area contributed by atoms with Gasteiger partial charge in [-0.2, -0.15) is 0 Å². The third kappa shape index (κ3) is 3.86. The van der Waals surface area contributed by atoms with E-state index < -0.39 is 0 Å². The highest BCUT2D eigenvalue weighted by Gasteiger charge is 2.07. The summed E-state index contributed by atoms with van der Waals surface area (Å²) in [5.41, 5.74) is 2.70. The molecule has 0 heterocycles. The molecular formula is C14H20FNO. The number of aryl methyl sites for hydroxylation is 1. The highest BCUT2D eigenvalue weighted by Crippen LogP contribution is 2.23. The van der Waals surface area contributed by atoms with Gasteiger partial charge >= 0.3 is 0 Å². The molecule has 17 heavy (non-hydrogen) atoms. The van der Waals surface area contributed by atoms with Gasteiger partial charge in [0.1, 0.15) is 5.82 Å². The number of hydrogen-bond donors (Lipinski definition) is 1. The van der Waals surface area contributed by atoms with Crippen LogP contribution in [0.3, 0.4) is 0 Å². The monoisotopic (exact) mass is 237 g/mol. The zero-order chi connectivity index (χ0) is 12.7. The minimum Gasteiger partial charge on any atom is -0.382 e. The lowest BCUT2D eigenvalue weighted by Crippen LogP contribution is -2.12. The van der Waals surface area contributed by atoms with Crippen LogP contribution in [-0.2, 0) is 11.2 Å². The number of ether oxygens (including phenoxy) is 1. The van der Waals surface area contributed by atoms with Gasteiger partial charge in [0.05, 0.1) is 13.2 Å². The summed E-state index contributed by atoms with van der Waals surface area (Å²) in [6.45, 7) is 9.24. The van der Waals surface area contributed by atoms with Crippen LogP contribution < -0.4 is 5.32 Å². The molecule has 0 aliphatic heterocycles. The summed E-state index contributed by atoms with van der Waals surface area (Å²) in [6, 6.07) is 3.35. The van der Waals surface area contributed by atoms with E-state index in [1.54, 1.807) is 13.0 Å². The van der Waals surface area contributed by atoms with E-state index in [1.165, 1.54) is 6.07 Å². The predicted octanol–water partition coefficient (Wildman–Crippen LogP) is 3.31. The van der Waals surface area contributed by atoms with E-state index in [-0.39, 0.29) is 5.82 Å². The molecule has 0 fully saturated rings. The Morgan fingerprint density at radius 1 is 1.47 bits per heavy atom. The van der Waals surface area contributed by atoms with Gasteiger partial charge in [-0.1, -0.05) is 19.1 Å². The summed E-state index contributed by atoms with van der Waals surface area (Å²) in [4.78, 5) is 0. The molecule has 0 aromatic heterocycles. The van der Waals surface area contributed by atoms with Crippen LogP contribution in [0.15, 0.2) is 24.8 Å². The Morgan fingerprint density at radius 2 is 2.24 bits per heavy atom. The van der Waals surface area contributed by atoms with Crippen molar-refractivity contribution in [1.82, 2.24) is 0 Å². The maximum Gasteiger partial charge on any atom is 0.128 e. The van der Waals surface area contributed by atoms with Gasteiger partial charge in [0.2, 0.25) is 0 Å². The molecule has 0 amide bonds. The van der Waals surface area contributed by atoms with Crippen molar-refractivity contribution < 1.29 is 9.13 Å². The standard InChI is InChI=1S/C14H20FNO/c1-4-9-17-10-8-16-14-11(3)13(15)7-6-12(14)5-2/h4,6-7,16H,1,5,8-10H2,2-3H3. The van der Waals surface area contributed by atoms with Crippen molar-refractivity contribution in [3.05, 3.63) is 41.7 Å². The van der Waals surface area contributed by atoms with Crippen molar-refractivity contribution in [2.75, 3.05) is 25.1 Å². The van der Waals surface area contributed by atoms with Crippen LogP contribution in [0.1, 0.15) is 18.1 Å². The second kappa shape index (κ2) is 7.07. The molecule has 1 N–H and O–H groups in total. The van der Waals surface area contributed by atoms with Crippen LogP contribution in [0.2, 0.25) is 0 Å². The van der Waals surface area contributed by atoms with Crippen LogP contribution in [0.5, 0.6) is 0 Å². The first kappa shape index (κ1) is 13.7. The Labute approximate surface area is 102 Å². The van der Waals surface area contributed by atoms with Gasteiger partial charge in [-0.3, -0.25) is 0 Å². The van der Waals surface area contributed by atoms with Crippen molar-refractivity contribution in [1.29, 1.82) is 0 Å². The first-order valence-corrected chi connectivity index (χ1v) is 5.91. The summed E-state index contributed by atoms with van der Waals surface area (Å²) >= 11 is 0. The van der Waals surface area contributed by atoms with E-state index in [9.17, 15) is 4.39 Å². The van der Waals surface area contributed by atoms with E-state index in [1.807, 2.05) is 6.07 Å². The fourth-order valence-electron chi connectivity index (χ4n) is 1.70. The molecule has 0 spiro atoms. The zero-order valence-electron chi connectivity index (χ0n) is 10.6. The lowest BCUT2D eigenvalue weighted by molar-refractivity contribution is 0.173. The van der Waals surface area contributed by atoms with Gasteiger partial charge < -0.3 is 10.1 Å². The SMILES string of the molecule is C=CCOCCNc1c(CC)ccc(F)c1C. The van der Waals surface area contributed by atoms with Crippen LogP contribution in [0, 0.1) is 12.7 Å². The smallest absolute Gasteiger partial charge is 0.128 e. The number of anilines is 1. The molecule has 0 bridgehead atoms. The Morgan fingerprint density at radius 3 is 2.88 bits per heavy atom. The van der Waals surface area contributed by atoms with Crippen LogP contribution in [0.25, 0.3) is 0 Å². The molecule has 0 aliphatic carbocycles. The van der Waals surface area contributed by atoms with E-state index >= 15 is 0 Å². The van der Waals surface area contributed by atoms with Gasteiger partial charge in [0.15, 0.2) is 0 Å². The molecule has 3 heteroatoms. The molecule has 1 rings (SSSR count). The van der Waals surface area contributed by atoms with E-state index in [2.05, 4.69) is 18.8 Å². The number of hydrogen-bond acceptors (Lipinski definition) is 2. The molecule has 0 atom stereocenters. The van der Waals surface area contributed by atoms with E-state index in [4.69, 9.17) is 4.74 Å². The third-order valence-electron chi connectivity index (χ3n) is 2.65. The van der Waals surface area contributed by atoms with E-state index in [0.717, 1.165) is 17.7 Å². The number of halogens is 1. The van der Waals surface area contributed by atoms with Crippen molar-refractivity contribution >= 4 is 5.69 Å². The topological polar surface area (TPSA) is 21.3 Å². The quantitative estimate of drug-likeness (QED) is 0.580. The minimum absolute atomic E-state index is 0.170. The molecular weight excluding hydrogens is 217 g/mol. The lowest BCUT2D eigenvalue weighted by Gasteiger charge is -2.14. The lowest BCUT2D eigenvalue weighted by atomic mass is 10.1. The fraction of sp³-hybridized carbons (Fsp3) is 0.429. The van der Waals surface area contributed by atoms with Crippen LogP contribution in [0.4, 0.5) is 10.1 Å². The second-order valence-electron chi connectivity index (χ2n) is 3.85. The van der Waals surface area contributed by atoms with Gasteiger partial charge in [-0.05, 0) is 25.0 Å². The summed E-state index contributed by atoms with van der Waals surface area (Å²) in [5.74, 6) is -0.170. The van der Waals surface area contributed by atoms with Crippen LogP contribution >= 0.6 is 0 Å². The van der Waals surface area contributed by atoms with E-state index in [0.29, 0.717) is 25.3 Å². The number of rotatable bonds is 7. The summed E-state index contributed by atoms with van der Waals surface area (Å²) < 4.78 is 18.7. The third-order valence-corrected chi connectivity index (χ3v) is 2.65. The summed E-state index contributed by atoms with van der Waals surface area (Å²) in [7, 11) is 0. The molecule has 1 aromatic rings. The molecule has 1 aromatic carbocycles. The molecule has 0 saturated heterocycles. The first-order valence-electron chi connectivity index (χ1n) is 5.91. The average molecular weight is 237 g/mol. The van der Waals surface area contributed by atoms with Gasteiger partial charge in [-0.25, -0.2) is 4.39 Å². The Balaban J connectivity index is 2.62. The van der Waals surface area contributed by atoms with Gasteiger partial charge in [0, 0.05) is 17.8 Å². The predicted molar refractivity (Wildman–Crippen MR) is 70.0 cm³/mol. The van der Waals surface area contributed by atoms with Gasteiger partial charge in [-0.15, -0.1) is 6.58 Å². The molecule has 0 unspecified atom stereocenters. The summed E-state index contributed by atoms with van der Waals surface area (Å²) in [5, 5.41) is 3.23. The Hall–Kier alpha value is -1.35. The van der Waals surface area contributed by atoms with Crippen molar-refractivity contribution in [3.8, 4) is 0 Å². The number of nitrogens with one attached hydrogen (secondary N) is 1. The normalized spacial score (nSPS) is 10.3. The molecule has 0 radical (unpaired) electrons. The molecule has 0 aliphatic rings. The molecule has 2 nitrogen and oxygen atoms in total. The average Bonchev–Trinajstić information content (AvgIpc) is 2.34. The zero-order valence-corrected chi connectivity index (χ0v) is 10.6. The van der Waals surface area contributed by atoms with Crippen LogP contribution in [-0.4, -0.2) is 19.8 Å². The number of benzene rings is 1. The largest absolute Gasteiger partial charge is 0.382 e. The van der Waals surface area contributed by atoms with Crippen molar-refractivity contribution in [2.45, 2.75) is 20.3 Å². The Bertz CT molecular complexity index is 377. The maximum atomic E-state index is 13.4. The highest BCUT2D eigenvalue weighted by atomic mass is 19.1. The Kier molecular flexibility index (Phi) is 5.70. The molecule has 94 valence electrons. The first-order chi connectivity index (χ1) is 8.20. The van der Waals surface area contributed by atoms with Crippen molar-refractivity contribution in [3.63, 3.8) is 0 Å². The van der Waals surface area contributed by atoms with Crippen molar-refractivity contribution in [2.24, 2.45) is 0 Å². The highest BCUT2D eigenvalue weighted by molar-refractivity contribution is 5.57. The maximum absolute atomic E-state index is 13.4. The minimum atomic E-state index is -0.170. The summed E-state index contributed by atoms with van der Waals surface area (Å²) in [6.07, 6.45) is 2.60. The van der Waals surface area contributed by atoms with Gasteiger partial charge in [0.25, 0.3) is 0 Å². The second-order valence-corrected chi connectivity index (χ2v) is 3.85. The molecule has 0 saturated carbocycles. The fourth-order valence-corrected chi connectivity index (χ4v) is 1.70.